The molecule has 2 atom stereocenters. The van der Waals surface area contributed by atoms with Crippen molar-refractivity contribution in [2.24, 2.45) is 0 Å². The molecule has 0 aliphatic carbocycles. The van der Waals surface area contributed by atoms with E-state index in [0.717, 1.165) is 57.5 Å². The summed E-state index contributed by atoms with van der Waals surface area (Å²) in [5.41, 5.74) is 1.44. The first-order valence-electron chi connectivity index (χ1n) is 12.0. The molecule has 9 nitrogen and oxygen atoms in total. The van der Waals surface area contributed by atoms with Gasteiger partial charge in [-0.1, -0.05) is 42.3 Å². The van der Waals surface area contributed by atoms with E-state index in [1.807, 2.05) is 24.3 Å². The zero-order valence-corrected chi connectivity index (χ0v) is 21.1. The molecule has 5 rings (SSSR count). The molecule has 0 bridgehead atoms. The minimum atomic E-state index is -0.342. The van der Waals surface area contributed by atoms with Gasteiger partial charge in [0.25, 0.3) is 0 Å². The largest absolute Gasteiger partial charge is 0.351 e. The third-order valence-electron chi connectivity index (χ3n) is 7.24. The number of likely N-dealkylation sites (tertiary alicyclic amines) is 1. The van der Waals surface area contributed by atoms with Gasteiger partial charge in [0.2, 0.25) is 0 Å². The second-order valence-corrected chi connectivity index (χ2v) is 10.0. The van der Waals surface area contributed by atoms with Gasteiger partial charge in [0.1, 0.15) is 6.04 Å². The second-order valence-electron chi connectivity index (χ2n) is 9.21. The maximum absolute atomic E-state index is 11.6. The molecule has 1 unspecified atom stereocenters. The molecule has 184 valence electrons. The lowest BCUT2D eigenvalue weighted by Gasteiger charge is -2.48. The molecule has 1 aromatic carbocycles. The van der Waals surface area contributed by atoms with E-state index >= 15 is 0 Å². The summed E-state index contributed by atoms with van der Waals surface area (Å²) in [7, 11) is 0. The lowest BCUT2D eigenvalue weighted by molar-refractivity contribution is 0.0562. The molecule has 3 aromatic rings. The predicted octanol–water partition coefficient (Wildman–Crippen LogP) is 3.58. The van der Waals surface area contributed by atoms with Gasteiger partial charge in [0.05, 0.1) is 6.07 Å². The minimum absolute atomic E-state index is 0.248. The number of piperazine rings is 1. The number of H-pyrrole nitrogens is 2. The van der Waals surface area contributed by atoms with Crippen molar-refractivity contribution in [1.82, 2.24) is 29.7 Å². The number of anilines is 1. The second kappa shape index (κ2) is 10.2. The minimum Gasteiger partial charge on any atom is -0.351 e. The van der Waals surface area contributed by atoms with Crippen LogP contribution in [0, 0.1) is 11.3 Å². The van der Waals surface area contributed by atoms with Gasteiger partial charge in [-0.05, 0) is 37.0 Å². The molecular weight excluding hydrogens is 487 g/mol. The van der Waals surface area contributed by atoms with E-state index in [9.17, 15) is 10.1 Å². The Kier molecular flexibility index (Phi) is 6.98. The first-order valence-corrected chi connectivity index (χ1v) is 12.8. The normalized spacial score (nSPS) is 21.3. The van der Waals surface area contributed by atoms with Crippen LogP contribution in [0.15, 0.2) is 29.1 Å². The SMILES string of the molecule is CC[C@H]1CN(c2nc3[nH]c(=O)[nH]c3nc2Cl)CCN1C1CCN(C(C#N)c2ccc(Cl)cc2)CC1. The molecular formula is C24H28Cl2N8O. The number of fused-ring (bicyclic) bond motifs is 1. The van der Waals surface area contributed by atoms with Crippen LogP contribution in [0.1, 0.15) is 37.8 Å². The Bertz CT molecular complexity index is 1280. The van der Waals surface area contributed by atoms with Gasteiger partial charge in [0.15, 0.2) is 22.3 Å². The summed E-state index contributed by atoms with van der Waals surface area (Å²) in [5, 5.41) is 10.8. The van der Waals surface area contributed by atoms with Crippen LogP contribution in [0.25, 0.3) is 11.3 Å². The van der Waals surface area contributed by atoms with E-state index in [1.165, 1.54) is 0 Å². The summed E-state index contributed by atoms with van der Waals surface area (Å²) in [6.07, 6.45) is 3.06. The summed E-state index contributed by atoms with van der Waals surface area (Å²) in [6, 6.07) is 10.7. The standard InChI is InChI=1S/C24H28Cl2N8O/c1-2-17-14-33(23-20(26)28-21-22(29-23)31-24(35)30-21)11-12-34(17)18-7-9-32(10-8-18)19(13-27)15-3-5-16(25)6-4-15/h3-6,17-19H,2,7-12,14H2,1H3,(H2,28,29,30,31,35)/t17-,19?/m0/s1. The van der Waals surface area contributed by atoms with E-state index in [-0.39, 0.29) is 11.7 Å². The summed E-state index contributed by atoms with van der Waals surface area (Å²) in [5.74, 6) is 0.613. The molecule has 2 N–H and O–H groups in total. The van der Waals surface area contributed by atoms with Crippen LogP contribution in [0.2, 0.25) is 10.2 Å². The molecule has 0 spiro atoms. The lowest BCUT2D eigenvalue weighted by Crippen LogP contribution is -2.58. The summed E-state index contributed by atoms with van der Waals surface area (Å²) >= 11 is 12.5. The Morgan fingerprint density at radius 3 is 2.43 bits per heavy atom. The lowest BCUT2D eigenvalue weighted by atomic mass is 9.96. The van der Waals surface area contributed by atoms with Crippen LogP contribution < -0.4 is 10.6 Å². The summed E-state index contributed by atoms with van der Waals surface area (Å²) < 4.78 is 0. The maximum Gasteiger partial charge on any atom is 0.326 e. The molecule has 2 aliphatic rings. The third-order valence-corrected chi connectivity index (χ3v) is 7.75. The average molecular weight is 515 g/mol. The van der Waals surface area contributed by atoms with Gasteiger partial charge in [-0.3, -0.25) is 19.8 Å². The van der Waals surface area contributed by atoms with Crippen molar-refractivity contribution in [3.8, 4) is 6.07 Å². The number of halogens is 2. The molecule has 0 saturated carbocycles. The molecule has 0 amide bonds. The van der Waals surface area contributed by atoms with Crippen molar-refractivity contribution < 1.29 is 0 Å². The van der Waals surface area contributed by atoms with Crippen molar-refractivity contribution in [3.05, 3.63) is 50.5 Å². The Morgan fingerprint density at radius 2 is 1.77 bits per heavy atom. The van der Waals surface area contributed by atoms with Crippen molar-refractivity contribution in [2.45, 2.75) is 44.3 Å². The molecule has 2 fully saturated rings. The van der Waals surface area contributed by atoms with Gasteiger partial charge in [-0.2, -0.15) is 5.26 Å². The van der Waals surface area contributed by atoms with Crippen molar-refractivity contribution in [2.75, 3.05) is 37.6 Å². The fraction of sp³-hybridized carbons (Fsp3) is 0.500. The molecule has 2 saturated heterocycles. The van der Waals surface area contributed by atoms with Gasteiger partial charge >= 0.3 is 5.69 Å². The highest BCUT2D eigenvalue weighted by atomic mass is 35.5. The topological polar surface area (TPSA) is 108 Å². The number of aromatic amines is 2. The molecule has 35 heavy (non-hydrogen) atoms. The molecule has 11 heteroatoms. The predicted molar refractivity (Wildman–Crippen MR) is 137 cm³/mol. The van der Waals surface area contributed by atoms with Crippen LogP contribution in [0.4, 0.5) is 5.82 Å². The van der Waals surface area contributed by atoms with Crippen molar-refractivity contribution >= 4 is 40.3 Å². The fourth-order valence-corrected chi connectivity index (χ4v) is 5.79. The quantitative estimate of drug-likeness (QED) is 0.535. The van der Waals surface area contributed by atoms with Crippen LogP contribution in [0.5, 0.6) is 0 Å². The highest BCUT2D eigenvalue weighted by molar-refractivity contribution is 6.32. The highest BCUT2D eigenvalue weighted by Crippen LogP contribution is 2.31. The van der Waals surface area contributed by atoms with Crippen molar-refractivity contribution in [1.29, 1.82) is 5.26 Å². The number of nitrogens with zero attached hydrogens (tertiary/aromatic N) is 6. The van der Waals surface area contributed by atoms with E-state index in [4.69, 9.17) is 23.2 Å². The van der Waals surface area contributed by atoms with Gasteiger partial charge in [-0.15, -0.1) is 0 Å². The van der Waals surface area contributed by atoms with Crippen LogP contribution in [-0.2, 0) is 0 Å². The first-order chi connectivity index (χ1) is 17.0. The molecule has 0 radical (unpaired) electrons. The van der Waals surface area contributed by atoms with Gasteiger partial charge < -0.3 is 4.90 Å². The first kappa shape index (κ1) is 24.1. The maximum atomic E-state index is 11.6. The average Bonchev–Trinajstić information content (AvgIpc) is 3.24. The smallest absolute Gasteiger partial charge is 0.326 e. The number of hydrogen-bond donors (Lipinski definition) is 2. The van der Waals surface area contributed by atoms with E-state index < -0.39 is 0 Å². The molecule has 2 aromatic heterocycles. The fourth-order valence-electron chi connectivity index (χ4n) is 5.42. The number of rotatable bonds is 5. The number of aromatic nitrogens is 4. The highest BCUT2D eigenvalue weighted by Gasteiger charge is 2.35. The number of benzene rings is 1. The number of hydrogen-bond acceptors (Lipinski definition) is 7. The van der Waals surface area contributed by atoms with Crippen LogP contribution >= 0.6 is 23.2 Å². The summed E-state index contributed by atoms with van der Waals surface area (Å²) in [4.78, 5) is 32.8. The molecule has 2 aliphatic heterocycles. The Balaban J connectivity index is 1.24. The van der Waals surface area contributed by atoms with Crippen LogP contribution in [0.3, 0.4) is 0 Å². The number of nitriles is 1. The zero-order chi connectivity index (χ0) is 24.5. The zero-order valence-electron chi connectivity index (χ0n) is 19.5. The Hall–Kier alpha value is -2.64. The summed E-state index contributed by atoms with van der Waals surface area (Å²) in [6.45, 7) is 6.48. The third kappa shape index (κ3) is 4.89. The van der Waals surface area contributed by atoms with E-state index in [1.54, 1.807) is 0 Å². The number of imidazole rings is 1. The van der Waals surface area contributed by atoms with Crippen molar-refractivity contribution in [3.63, 3.8) is 0 Å². The van der Waals surface area contributed by atoms with Gasteiger partial charge in [0, 0.05) is 49.8 Å². The van der Waals surface area contributed by atoms with E-state index in [0.29, 0.717) is 39.4 Å². The Morgan fingerprint density at radius 1 is 1.09 bits per heavy atom. The Labute approximate surface area is 213 Å². The molecule has 4 heterocycles. The number of nitrogens with one attached hydrogen (secondary N) is 2. The number of piperidine rings is 1. The monoisotopic (exact) mass is 514 g/mol. The van der Waals surface area contributed by atoms with Crippen LogP contribution in [-0.4, -0.2) is 74.5 Å². The van der Waals surface area contributed by atoms with Gasteiger partial charge in [-0.25, -0.2) is 14.8 Å². The van der Waals surface area contributed by atoms with E-state index in [2.05, 4.69) is 47.6 Å².